The van der Waals surface area contributed by atoms with E-state index in [9.17, 15) is 19.5 Å². The standard InChI is InChI=1S/C23H20N6O6S/c1-34-27-16(15-10-35-23(24)25-15)19(30)26-17-20(31)29-18(22(32)33)14(11-36-21(17)29)9-28-7-6-12-4-2-3-5-13(12)8-28/h2-8,10,17,21H,9,11H2,1H3,(H3-,24,25,26,30,32,33)/p+1/t17?,21-/m0/s1. The summed E-state index contributed by atoms with van der Waals surface area (Å²) in [4.78, 5) is 47.8. The van der Waals surface area contributed by atoms with E-state index in [1.807, 2.05) is 47.3 Å². The molecule has 3 aromatic rings. The number of rotatable bonds is 7. The van der Waals surface area contributed by atoms with Crippen LogP contribution in [0.1, 0.15) is 5.69 Å². The van der Waals surface area contributed by atoms with Gasteiger partial charge in [0.15, 0.2) is 24.7 Å². The van der Waals surface area contributed by atoms with Crippen molar-refractivity contribution in [2.24, 2.45) is 5.16 Å². The minimum Gasteiger partial charge on any atom is -0.477 e. The third-order valence-electron chi connectivity index (χ3n) is 5.82. The fourth-order valence-electron chi connectivity index (χ4n) is 4.20. The second-order valence-corrected chi connectivity index (χ2v) is 9.16. The number of pyridine rings is 1. The normalized spacial score (nSPS) is 19.6. The number of nitrogens with one attached hydrogen (secondary N) is 1. The average molecular weight is 510 g/mol. The number of oxazole rings is 1. The lowest BCUT2D eigenvalue weighted by atomic mass is 10.0. The summed E-state index contributed by atoms with van der Waals surface area (Å²) in [6.45, 7) is 0.311. The monoisotopic (exact) mass is 509 g/mol. The third-order valence-corrected chi connectivity index (χ3v) is 7.16. The van der Waals surface area contributed by atoms with Gasteiger partial charge in [0.1, 0.15) is 36.2 Å². The number of carboxylic acids is 1. The molecule has 1 unspecified atom stereocenters. The molecule has 4 heterocycles. The van der Waals surface area contributed by atoms with E-state index in [0.717, 1.165) is 17.0 Å². The molecule has 2 amide bonds. The van der Waals surface area contributed by atoms with Gasteiger partial charge in [-0.2, -0.15) is 4.98 Å². The number of anilines is 1. The van der Waals surface area contributed by atoms with Gasteiger partial charge in [0.05, 0.1) is 0 Å². The van der Waals surface area contributed by atoms with Crippen LogP contribution >= 0.6 is 11.8 Å². The molecule has 2 atom stereocenters. The number of amides is 2. The smallest absolute Gasteiger partial charge is 0.352 e. The Balaban J connectivity index is 1.36. The maximum Gasteiger partial charge on any atom is 0.352 e. The van der Waals surface area contributed by atoms with Gasteiger partial charge in [-0.25, -0.2) is 9.36 Å². The van der Waals surface area contributed by atoms with Crippen LogP contribution in [0.25, 0.3) is 10.8 Å². The lowest BCUT2D eigenvalue weighted by Crippen LogP contribution is -2.71. The van der Waals surface area contributed by atoms with Gasteiger partial charge in [-0.3, -0.25) is 14.5 Å². The number of aromatic nitrogens is 2. The number of β-lactam (4-membered cyclic amide) rings is 1. The molecule has 0 spiro atoms. The Hall–Kier alpha value is -4.39. The zero-order valence-corrected chi connectivity index (χ0v) is 19.8. The van der Waals surface area contributed by atoms with E-state index in [1.165, 1.54) is 23.8 Å². The summed E-state index contributed by atoms with van der Waals surface area (Å²) in [7, 11) is 1.25. The van der Waals surface area contributed by atoms with Gasteiger partial charge in [0.2, 0.25) is 0 Å². The number of hydrogen-bond donors (Lipinski definition) is 3. The van der Waals surface area contributed by atoms with Crippen molar-refractivity contribution in [1.29, 1.82) is 0 Å². The van der Waals surface area contributed by atoms with E-state index in [1.54, 1.807) is 0 Å². The highest BCUT2D eigenvalue weighted by atomic mass is 32.2. The number of benzene rings is 1. The molecule has 2 aliphatic heterocycles. The Morgan fingerprint density at radius 2 is 2.14 bits per heavy atom. The number of carboxylic acid groups (broad SMARTS) is 1. The molecule has 0 saturated carbocycles. The van der Waals surface area contributed by atoms with E-state index in [4.69, 9.17) is 15.0 Å². The van der Waals surface area contributed by atoms with Crippen LogP contribution in [0.2, 0.25) is 0 Å². The Morgan fingerprint density at radius 3 is 2.83 bits per heavy atom. The van der Waals surface area contributed by atoms with Crippen LogP contribution in [-0.2, 0) is 25.8 Å². The third kappa shape index (κ3) is 4.13. The molecular weight excluding hydrogens is 488 g/mol. The molecule has 36 heavy (non-hydrogen) atoms. The topological polar surface area (TPSA) is 164 Å². The van der Waals surface area contributed by atoms with E-state index in [2.05, 4.69) is 15.5 Å². The van der Waals surface area contributed by atoms with Crippen molar-refractivity contribution in [3.05, 3.63) is 66.0 Å². The first-order valence-electron chi connectivity index (χ1n) is 10.8. The SMILES string of the molecule is CON=C(C(=O)NC1C(=O)N2C(C(=O)O)=C(C[n+]3ccc4ccccc4c3)CS[C@@H]12)c1coc(N)n1. The van der Waals surface area contributed by atoms with Crippen molar-refractivity contribution >= 4 is 52.0 Å². The largest absolute Gasteiger partial charge is 0.477 e. The van der Waals surface area contributed by atoms with E-state index >= 15 is 0 Å². The van der Waals surface area contributed by atoms with Crippen molar-refractivity contribution in [3.63, 3.8) is 0 Å². The zero-order chi connectivity index (χ0) is 25.4. The predicted molar refractivity (Wildman–Crippen MR) is 128 cm³/mol. The second-order valence-electron chi connectivity index (χ2n) is 8.06. The van der Waals surface area contributed by atoms with E-state index < -0.39 is 29.2 Å². The van der Waals surface area contributed by atoms with Crippen LogP contribution in [0.3, 0.4) is 0 Å². The van der Waals surface area contributed by atoms with Crippen LogP contribution in [0, 0.1) is 0 Å². The number of nitrogens with zero attached hydrogens (tertiary/aromatic N) is 4. The highest BCUT2D eigenvalue weighted by molar-refractivity contribution is 8.00. The van der Waals surface area contributed by atoms with E-state index in [0.29, 0.717) is 17.9 Å². The first kappa shape index (κ1) is 23.4. The number of aliphatic carboxylic acids is 1. The van der Waals surface area contributed by atoms with Gasteiger partial charge < -0.3 is 25.4 Å². The molecule has 184 valence electrons. The molecule has 4 N–H and O–H groups in total. The predicted octanol–water partition coefficient (Wildman–Crippen LogP) is 0.487. The molecule has 1 fully saturated rings. The summed E-state index contributed by atoms with van der Waals surface area (Å²) < 4.78 is 6.81. The molecule has 5 rings (SSSR count). The number of oxime groups is 1. The molecule has 12 nitrogen and oxygen atoms in total. The first-order chi connectivity index (χ1) is 17.4. The minimum absolute atomic E-state index is 0.0348. The lowest BCUT2D eigenvalue weighted by molar-refractivity contribution is -0.687. The van der Waals surface area contributed by atoms with Gasteiger partial charge in [-0.15, -0.1) is 11.8 Å². The summed E-state index contributed by atoms with van der Waals surface area (Å²) in [5, 5.41) is 17.7. The average Bonchev–Trinajstić information content (AvgIpc) is 3.30. The highest BCUT2D eigenvalue weighted by Crippen LogP contribution is 2.40. The van der Waals surface area contributed by atoms with Gasteiger partial charge in [0, 0.05) is 22.8 Å². The molecule has 0 aliphatic carbocycles. The molecule has 1 aromatic carbocycles. The number of thioether (sulfide) groups is 1. The van der Waals surface area contributed by atoms with Crippen LogP contribution in [0.5, 0.6) is 0 Å². The number of fused-ring (bicyclic) bond motifs is 2. The number of nitrogens with two attached hydrogens (primary N) is 1. The molecule has 0 bridgehead atoms. The van der Waals surface area contributed by atoms with Crippen molar-refractivity contribution in [3.8, 4) is 0 Å². The van der Waals surface area contributed by atoms with Crippen molar-refractivity contribution in [2.75, 3.05) is 18.6 Å². The van der Waals surface area contributed by atoms with Crippen LogP contribution in [0.4, 0.5) is 6.01 Å². The summed E-state index contributed by atoms with van der Waals surface area (Å²) >= 11 is 1.37. The minimum atomic E-state index is -1.20. The molecule has 13 heteroatoms. The second kappa shape index (κ2) is 9.34. The molecular formula is C23H21N6O6S+. The summed E-state index contributed by atoms with van der Waals surface area (Å²) in [6, 6.07) is 8.70. The number of carbonyl (C=O) groups is 3. The van der Waals surface area contributed by atoms with Gasteiger partial charge >= 0.3 is 5.97 Å². The molecule has 2 aliphatic rings. The Labute approximate surface area is 208 Å². The van der Waals surface area contributed by atoms with Crippen LogP contribution < -0.4 is 15.6 Å². The number of hydrogen-bond acceptors (Lipinski definition) is 9. The quantitative estimate of drug-likeness (QED) is 0.178. The molecule has 0 radical (unpaired) electrons. The Bertz CT molecular complexity index is 1450. The van der Waals surface area contributed by atoms with Gasteiger partial charge in [-0.05, 0) is 11.5 Å². The Kier molecular flexibility index (Phi) is 6.06. The zero-order valence-electron chi connectivity index (χ0n) is 19.0. The lowest BCUT2D eigenvalue weighted by Gasteiger charge is -2.49. The molecule has 2 aromatic heterocycles. The van der Waals surface area contributed by atoms with Crippen molar-refractivity contribution < 1.29 is 33.3 Å². The highest BCUT2D eigenvalue weighted by Gasteiger charge is 2.54. The van der Waals surface area contributed by atoms with Crippen LogP contribution in [-0.4, -0.2) is 62.8 Å². The maximum absolute atomic E-state index is 13.0. The van der Waals surface area contributed by atoms with Crippen molar-refractivity contribution in [2.45, 2.75) is 18.0 Å². The molecule has 1 saturated heterocycles. The Morgan fingerprint density at radius 1 is 1.36 bits per heavy atom. The van der Waals surface area contributed by atoms with E-state index in [-0.39, 0.29) is 23.1 Å². The summed E-state index contributed by atoms with van der Waals surface area (Å²) in [5.41, 5.74) is 5.81. The number of carbonyl (C=O) groups excluding carboxylic acids is 2. The van der Waals surface area contributed by atoms with Gasteiger partial charge in [0.25, 0.3) is 17.8 Å². The van der Waals surface area contributed by atoms with Crippen LogP contribution in [0.15, 0.2) is 69.8 Å². The summed E-state index contributed by atoms with van der Waals surface area (Å²) in [5.74, 6) is -2.09. The first-order valence-corrected chi connectivity index (χ1v) is 11.8. The number of nitrogen functional groups attached to an aromatic ring is 1. The summed E-state index contributed by atoms with van der Waals surface area (Å²) in [6.07, 6.45) is 4.95. The fraction of sp³-hybridized carbons (Fsp3) is 0.217. The maximum atomic E-state index is 13.0. The fourth-order valence-corrected chi connectivity index (χ4v) is 5.54. The van der Waals surface area contributed by atoms with Gasteiger partial charge in [-0.1, -0.05) is 23.4 Å². The van der Waals surface area contributed by atoms with Crippen molar-refractivity contribution in [1.82, 2.24) is 15.2 Å².